The number of para-hydroxylation sites is 1. The molecule has 0 atom stereocenters. The topological polar surface area (TPSA) is 23.6 Å². The summed E-state index contributed by atoms with van der Waals surface area (Å²) in [6.45, 7) is 0.677. The zero-order valence-electron chi connectivity index (χ0n) is 14.5. The Hall–Kier alpha value is -3.33. The van der Waals surface area contributed by atoms with Gasteiger partial charge in [0.25, 0.3) is 0 Å². The smallest absolute Gasteiger partial charge is 0.247 e. The van der Waals surface area contributed by atoms with Gasteiger partial charge in [0.1, 0.15) is 0 Å². The molecule has 4 rings (SSSR count). The van der Waals surface area contributed by atoms with Gasteiger partial charge in [-0.1, -0.05) is 78.9 Å². The van der Waals surface area contributed by atoms with Crippen molar-refractivity contribution in [1.29, 1.82) is 0 Å². The molecule has 0 N–H and O–H groups in total. The summed E-state index contributed by atoms with van der Waals surface area (Å²) >= 11 is 0. The molecule has 128 valence electrons. The fraction of sp³-hybridized carbons (Fsp3) is 0.0870. The number of carbonyl (C=O) groups is 1. The normalized spacial score (nSPS) is 13.8. The van der Waals surface area contributed by atoms with Crippen LogP contribution < -0.4 is 5.01 Å². The van der Waals surface area contributed by atoms with Gasteiger partial charge in [-0.2, -0.15) is 0 Å². The van der Waals surface area contributed by atoms with Crippen LogP contribution in [0.25, 0.3) is 5.57 Å². The maximum absolute atomic E-state index is 12.5. The maximum Gasteiger partial charge on any atom is 0.247 e. The van der Waals surface area contributed by atoms with E-state index < -0.39 is 0 Å². The van der Waals surface area contributed by atoms with Crippen molar-refractivity contribution >= 4 is 17.2 Å². The molecule has 0 radical (unpaired) electrons. The average molecular weight is 340 g/mol. The van der Waals surface area contributed by atoms with E-state index >= 15 is 0 Å². The number of hydrazine groups is 1. The zero-order chi connectivity index (χ0) is 17.8. The third-order valence-electron chi connectivity index (χ3n) is 4.50. The number of anilines is 1. The molecule has 3 nitrogen and oxygen atoms in total. The monoisotopic (exact) mass is 340 g/mol. The first kappa shape index (κ1) is 16.2. The lowest BCUT2D eigenvalue weighted by Crippen LogP contribution is -2.35. The quantitative estimate of drug-likeness (QED) is 0.685. The van der Waals surface area contributed by atoms with Gasteiger partial charge in [0.05, 0.1) is 5.69 Å². The minimum atomic E-state index is 0.118. The summed E-state index contributed by atoms with van der Waals surface area (Å²) in [6, 6.07) is 30.4. The summed E-state index contributed by atoms with van der Waals surface area (Å²) < 4.78 is 0. The van der Waals surface area contributed by atoms with Crippen LogP contribution in [-0.2, 0) is 4.79 Å². The zero-order valence-corrected chi connectivity index (χ0v) is 14.5. The van der Waals surface area contributed by atoms with Gasteiger partial charge in [0.15, 0.2) is 0 Å². The van der Waals surface area contributed by atoms with Crippen LogP contribution in [0.2, 0.25) is 0 Å². The van der Waals surface area contributed by atoms with Crippen LogP contribution in [0.5, 0.6) is 0 Å². The van der Waals surface area contributed by atoms with E-state index in [0.717, 1.165) is 22.4 Å². The van der Waals surface area contributed by atoms with Gasteiger partial charge in [0.2, 0.25) is 5.91 Å². The number of hydrogen-bond acceptors (Lipinski definition) is 2. The Morgan fingerprint density at radius 3 is 1.77 bits per heavy atom. The lowest BCUT2D eigenvalue weighted by Gasteiger charge is -2.28. The van der Waals surface area contributed by atoms with E-state index in [1.165, 1.54) is 0 Å². The molecule has 1 aliphatic heterocycles. The van der Waals surface area contributed by atoms with E-state index in [9.17, 15) is 4.79 Å². The molecule has 1 heterocycles. The van der Waals surface area contributed by atoms with Crippen molar-refractivity contribution < 1.29 is 4.79 Å². The molecular weight excluding hydrogens is 320 g/mol. The van der Waals surface area contributed by atoms with Crippen LogP contribution in [0.15, 0.2) is 97.2 Å². The second kappa shape index (κ2) is 7.28. The summed E-state index contributed by atoms with van der Waals surface area (Å²) in [5.41, 5.74) is 4.26. The number of nitrogens with zero attached hydrogens (tertiary/aromatic N) is 2. The Morgan fingerprint density at radius 2 is 1.23 bits per heavy atom. The van der Waals surface area contributed by atoms with Crippen molar-refractivity contribution in [3.05, 3.63) is 108 Å². The standard InChI is InChI=1S/C23H20N2O/c26-23-16-17-24(25(23)21-14-8-3-9-15-21)18-22(19-10-4-1-5-11-19)20-12-6-2-7-13-20/h1-15,18H,16-17H2. The van der Waals surface area contributed by atoms with Gasteiger partial charge in [-0.3, -0.25) is 9.80 Å². The largest absolute Gasteiger partial charge is 0.284 e. The van der Waals surface area contributed by atoms with E-state index in [2.05, 4.69) is 30.5 Å². The Labute approximate surface area is 153 Å². The van der Waals surface area contributed by atoms with Gasteiger partial charge in [-0.05, 0) is 23.3 Å². The van der Waals surface area contributed by atoms with Crippen molar-refractivity contribution in [2.45, 2.75) is 6.42 Å². The number of carbonyl (C=O) groups excluding carboxylic acids is 1. The number of amides is 1. The fourth-order valence-electron chi connectivity index (χ4n) is 3.24. The third kappa shape index (κ3) is 3.24. The van der Waals surface area contributed by atoms with E-state index in [0.29, 0.717) is 13.0 Å². The van der Waals surface area contributed by atoms with Crippen molar-refractivity contribution in [1.82, 2.24) is 5.01 Å². The predicted octanol–water partition coefficient (Wildman–Crippen LogP) is 4.73. The van der Waals surface area contributed by atoms with Crippen LogP contribution in [-0.4, -0.2) is 17.5 Å². The summed E-state index contributed by atoms with van der Waals surface area (Å²) in [7, 11) is 0. The molecule has 0 spiro atoms. The van der Waals surface area contributed by atoms with E-state index in [4.69, 9.17) is 0 Å². The predicted molar refractivity (Wildman–Crippen MR) is 105 cm³/mol. The molecule has 0 aliphatic carbocycles. The first-order valence-electron chi connectivity index (χ1n) is 8.80. The highest BCUT2D eigenvalue weighted by atomic mass is 16.2. The van der Waals surface area contributed by atoms with Crippen molar-refractivity contribution in [3.8, 4) is 0 Å². The second-order valence-electron chi connectivity index (χ2n) is 6.23. The summed E-state index contributed by atoms with van der Waals surface area (Å²) in [5.74, 6) is 0.118. The van der Waals surface area contributed by atoms with Crippen molar-refractivity contribution in [2.24, 2.45) is 0 Å². The molecule has 1 amide bonds. The summed E-state index contributed by atoms with van der Waals surface area (Å²) in [5, 5.41) is 3.79. The van der Waals surface area contributed by atoms with Crippen LogP contribution >= 0.6 is 0 Å². The minimum absolute atomic E-state index is 0.118. The maximum atomic E-state index is 12.5. The average Bonchev–Trinajstić information content (AvgIpc) is 3.08. The van der Waals surface area contributed by atoms with Gasteiger partial charge in [-0.25, -0.2) is 5.01 Å². The Kier molecular flexibility index (Phi) is 4.52. The Bertz CT molecular complexity index is 863. The molecule has 3 aromatic carbocycles. The van der Waals surface area contributed by atoms with Crippen molar-refractivity contribution in [3.63, 3.8) is 0 Å². The highest BCUT2D eigenvalue weighted by Crippen LogP contribution is 2.28. The minimum Gasteiger partial charge on any atom is -0.284 e. The number of benzene rings is 3. The lowest BCUT2D eigenvalue weighted by molar-refractivity contribution is -0.117. The fourth-order valence-corrected chi connectivity index (χ4v) is 3.24. The van der Waals surface area contributed by atoms with E-state index in [1.807, 2.05) is 71.7 Å². The second-order valence-corrected chi connectivity index (χ2v) is 6.23. The summed E-state index contributed by atoms with van der Waals surface area (Å²) in [6.07, 6.45) is 2.60. The van der Waals surface area contributed by atoms with Crippen LogP contribution in [0, 0.1) is 0 Å². The Balaban J connectivity index is 1.78. The highest BCUT2D eigenvalue weighted by Gasteiger charge is 2.28. The molecule has 0 bridgehead atoms. The van der Waals surface area contributed by atoms with E-state index in [1.54, 1.807) is 5.01 Å². The molecule has 1 fully saturated rings. The molecular formula is C23H20N2O. The SMILES string of the molecule is O=C1CCN(C=C(c2ccccc2)c2ccccc2)N1c1ccccc1. The van der Waals surface area contributed by atoms with Crippen molar-refractivity contribution in [2.75, 3.05) is 11.6 Å². The van der Waals surface area contributed by atoms with Crippen LogP contribution in [0.1, 0.15) is 17.5 Å². The number of hydrogen-bond donors (Lipinski definition) is 0. The summed E-state index contributed by atoms with van der Waals surface area (Å²) in [4.78, 5) is 12.5. The molecule has 1 saturated heterocycles. The Morgan fingerprint density at radius 1 is 0.731 bits per heavy atom. The van der Waals surface area contributed by atoms with Gasteiger partial charge in [-0.15, -0.1) is 0 Å². The van der Waals surface area contributed by atoms with Gasteiger partial charge < -0.3 is 0 Å². The van der Waals surface area contributed by atoms with E-state index in [-0.39, 0.29) is 5.91 Å². The van der Waals surface area contributed by atoms with Crippen LogP contribution in [0.3, 0.4) is 0 Å². The molecule has 3 heteroatoms. The molecule has 0 unspecified atom stereocenters. The first-order chi connectivity index (χ1) is 12.8. The molecule has 26 heavy (non-hydrogen) atoms. The molecule has 0 saturated carbocycles. The van der Waals surface area contributed by atoms with Crippen LogP contribution in [0.4, 0.5) is 5.69 Å². The molecule has 1 aliphatic rings. The highest BCUT2D eigenvalue weighted by molar-refractivity contribution is 5.95. The van der Waals surface area contributed by atoms with Gasteiger partial charge >= 0.3 is 0 Å². The third-order valence-corrected chi connectivity index (χ3v) is 4.50. The van der Waals surface area contributed by atoms with Gasteiger partial charge in [0, 0.05) is 24.7 Å². The first-order valence-corrected chi connectivity index (χ1v) is 8.80. The molecule has 0 aromatic heterocycles. The number of rotatable bonds is 4. The molecule has 3 aromatic rings. The lowest BCUT2D eigenvalue weighted by atomic mass is 9.99.